The van der Waals surface area contributed by atoms with Crippen LogP contribution in [0, 0.1) is 0 Å². The first-order valence-corrected chi connectivity index (χ1v) is 9.64. The summed E-state index contributed by atoms with van der Waals surface area (Å²) in [6.45, 7) is 1.13. The van der Waals surface area contributed by atoms with E-state index in [1.165, 1.54) is 7.11 Å². The number of hydrogen-bond donors (Lipinski definition) is 0. The smallest absolute Gasteiger partial charge is 0.410 e. The molecule has 1 heterocycles. The number of halogens is 1. The van der Waals surface area contributed by atoms with Crippen LogP contribution in [0.5, 0.6) is 0 Å². The molecule has 3 rings (SSSR count). The first kappa shape index (κ1) is 19.4. The molecule has 142 valence electrons. The number of rotatable bonds is 4. The molecule has 27 heavy (non-hydrogen) atoms. The third-order valence-corrected chi connectivity index (χ3v) is 5.58. The van der Waals surface area contributed by atoms with Gasteiger partial charge in [-0.15, -0.1) is 0 Å². The quantitative estimate of drug-likeness (QED) is 0.677. The Labute approximate surface area is 167 Å². The Balaban J connectivity index is 1.66. The highest BCUT2D eigenvalue weighted by Crippen LogP contribution is 2.37. The summed E-state index contributed by atoms with van der Waals surface area (Å²) < 4.78 is 11.5. The second kappa shape index (κ2) is 8.57. The number of amides is 1. The van der Waals surface area contributed by atoms with Gasteiger partial charge in [-0.3, -0.25) is 4.79 Å². The predicted octanol–water partition coefficient (Wildman–Crippen LogP) is 4.29. The molecule has 0 unspecified atom stereocenters. The van der Waals surface area contributed by atoms with E-state index < -0.39 is 5.41 Å². The zero-order chi connectivity index (χ0) is 19.3. The Bertz CT molecular complexity index is 784. The average molecular weight is 432 g/mol. The molecule has 6 heteroatoms. The molecule has 0 bridgehead atoms. The van der Waals surface area contributed by atoms with Crippen molar-refractivity contribution in [3.63, 3.8) is 0 Å². The van der Waals surface area contributed by atoms with Crippen molar-refractivity contribution in [2.45, 2.75) is 24.9 Å². The molecule has 0 radical (unpaired) electrons. The van der Waals surface area contributed by atoms with E-state index in [1.807, 2.05) is 54.6 Å². The molecule has 0 atom stereocenters. The number of nitrogens with zero attached hydrogens (tertiary/aromatic N) is 1. The maximum Gasteiger partial charge on any atom is 0.410 e. The molecule has 1 aliphatic heterocycles. The van der Waals surface area contributed by atoms with Gasteiger partial charge < -0.3 is 14.4 Å². The first-order valence-electron chi connectivity index (χ1n) is 8.85. The number of likely N-dealkylation sites (tertiary alicyclic amines) is 1. The van der Waals surface area contributed by atoms with Crippen LogP contribution in [0.15, 0.2) is 59.1 Å². The van der Waals surface area contributed by atoms with Crippen LogP contribution >= 0.6 is 15.9 Å². The second-order valence-electron chi connectivity index (χ2n) is 6.61. The van der Waals surface area contributed by atoms with Gasteiger partial charge in [0, 0.05) is 17.6 Å². The van der Waals surface area contributed by atoms with Crippen molar-refractivity contribution in [3.05, 3.63) is 70.2 Å². The molecule has 0 N–H and O–H groups in total. The SMILES string of the molecule is COC(=O)C1(c2ccc(Br)cc2)CCN(C(=O)OCc2ccccc2)CC1. The third-order valence-electron chi connectivity index (χ3n) is 5.05. The lowest BCUT2D eigenvalue weighted by molar-refractivity contribution is -0.149. The molecule has 0 aliphatic carbocycles. The van der Waals surface area contributed by atoms with Gasteiger partial charge >= 0.3 is 12.1 Å². The molecule has 0 saturated carbocycles. The van der Waals surface area contributed by atoms with Crippen LogP contribution in [-0.4, -0.2) is 37.2 Å². The highest BCUT2D eigenvalue weighted by molar-refractivity contribution is 9.10. The highest BCUT2D eigenvalue weighted by atomic mass is 79.9. The lowest BCUT2D eigenvalue weighted by Crippen LogP contribution is -2.49. The van der Waals surface area contributed by atoms with Crippen molar-refractivity contribution in [2.24, 2.45) is 0 Å². The van der Waals surface area contributed by atoms with E-state index in [0.717, 1.165) is 15.6 Å². The molecular formula is C21H22BrNO4. The van der Waals surface area contributed by atoms with Gasteiger partial charge in [0.2, 0.25) is 0 Å². The number of benzene rings is 2. The minimum atomic E-state index is -0.730. The maximum atomic E-state index is 12.6. The number of hydrogen-bond acceptors (Lipinski definition) is 4. The number of piperidine rings is 1. The average Bonchev–Trinajstić information content (AvgIpc) is 2.72. The summed E-state index contributed by atoms with van der Waals surface area (Å²) in [5, 5.41) is 0. The Morgan fingerprint density at radius 3 is 2.26 bits per heavy atom. The second-order valence-corrected chi connectivity index (χ2v) is 7.52. The number of carbonyl (C=O) groups excluding carboxylic acids is 2. The summed E-state index contributed by atoms with van der Waals surface area (Å²) in [4.78, 5) is 26.6. The van der Waals surface area contributed by atoms with E-state index in [9.17, 15) is 9.59 Å². The fourth-order valence-corrected chi connectivity index (χ4v) is 3.72. The minimum Gasteiger partial charge on any atom is -0.468 e. The van der Waals surface area contributed by atoms with Crippen molar-refractivity contribution in [1.29, 1.82) is 0 Å². The van der Waals surface area contributed by atoms with Crippen molar-refractivity contribution in [2.75, 3.05) is 20.2 Å². The van der Waals surface area contributed by atoms with Crippen LogP contribution in [0.2, 0.25) is 0 Å². The lowest BCUT2D eigenvalue weighted by Gasteiger charge is -2.39. The van der Waals surface area contributed by atoms with Crippen LogP contribution < -0.4 is 0 Å². The summed E-state index contributed by atoms with van der Waals surface area (Å²) in [5.74, 6) is -0.262. The molecule has 1 fully saturated rings. The van der Waals surface area contributed by atoms with Gasteiger partial charge in [-0.2, -0.15) is 0 Å². The summed E-state index contributed by atoms with van der Waals surface area (Å²) >= 11 is 3.42. The predicted molar refractivity (Wildman–Crippen MR) is 105 cm³/mol. The molecule has 5 nitrogen and oxygen atoms in total. The van der Waals surface area contributed by atoms with Gasteiger partial charge in [-0.25, -0.2) is 4.79 Å². The van der Waals surface area contributed by atoms with E-state index in [2.05, 4.69) is 15.9 Å². The van der Waals surface area contributed by atoms with E-state index in [4.69, 9.17) is 9.47 Å². The van der Waals surface area contributed by atoms with Gasteiger partial charge in [0.15, 0.2) is 0 Å². The van der Waals surface area contributed by atoms with Crippen LogP contribution in [0.3, 0.4) is 0 Å². The Morgan fingerprint density at radius 1 is 1.04 bits per heavy atom. The van der Waals surface area contributed by atoms with Gasteiger partial charge in [-0.1, -0.05) is 58.4 Å². The largest absolute Gasteiger partial charge is 0.468 e. The minimum absolute atomic E-state index is 0.241. The molecule has 2 aromatic carbocycles. The maximum absolute atomic E-state index is 12.6. The number of ether oxygens (including phenoxy) is 2. The van der Waals surface area contributed by atoms with Crippen LogP contribution in [-0.2, 0) is 26.3 Å². The van der Waals surface area contributed by atoms with Crippen LogP contribution in [0.4, 0.5) is 4.79 Å². The highest BCUT2D eigenvalue weighted by Gasteiger charge is 2.45. The molecular weight excluding hydrogens is 410 g/mol. The van der Waals surface area contributed by atoms with Crippen molar-refractivity contribution in [1.82, 2.24) is 4.90 Å². The van der Waals surface area contributed by atoms with Crippen LogP contribution in [0.1, 0.15) is 24.0 Å². The fraction of sp³-hybridized carbons (Fsp3) is 0.333. The summed E-state index contributed by atoms with van der Waals surface area (Å²) in [6.07, 6.45) is 0.650. The molecule has 1 aliphatic rings. The Hall–Kier alpha value is -2.34. The Morgan fingerprint density at radius 2 is 1.67 bits per heavy atom. The fourth-order valence-electron chi connectivity index (χ4n) is 3.46. The van der Waals surface area contributed by atoms with Crippen molar-refractivity contribution >= 4 is 28.0 Å². The topological polar surface area (TPSA) is 55.8 Å². The zero-order valence-corrected chi connectivity index (χ0v) is 16.8. The molecule has 2 aromatic rings. The normalized spacial score (nSPS) is 15.9. The molecule has 0 aromatic heterocycles. The van der Waals surface area contributed by atoms with Crippen LogP contribution in [0.25, 0.3) is 0 Å². The lowest BCUT2D eigenvalue weighted by atomic mass is 9.73. The molecule has 0 spiro atoms. The summed E-state index contributed by atoms with van der Waals surface area (Å²) in [5.41, 5.74) is 1.13. The third kappa shape index (κ3) is 4.33. The van der Waals surface area contributed by atoms with Gasteiger partial charge in [0.25, 0.3) is 0 Å². The van der Waals surface area contributed by atoms with E-state index in [-0.39, 0.29) is 18.7 Å². The summed E-state index contributed by atoms with van der Waals surface area (Å²) in [7, 11) is 1.41. The first-order chi connectivity index (χ1) is 13.0. The molecule has 1 saturated heterocycles. The van der Waals surface area contributed by atoms with E-state index in [0.29, 0.717) is 25.9 Å². The molecule has 1 amide bonds. The van der Waals surface area contributed by atoms with Gasteiger partial charge in [0.05, 0.1) is 12.5 Å². The van der Waals surface area contributed by atoms with Gasteiger partial charge in [-0.05, 0) is 36.1 Å². The monoisotopic (exact) mass is 431 g/mol. The number of methoxy groups -OCH3 is 1. The zero-order valence-electron chi connectivity index (χ0n) is 15.2. The number of esters is 1. The van der Waals surface area contributed by atoms with Crippen molar-refractivity contribution < 1.29 is 19.1 Å². The Kier molecular flexibility index (Phi) is 6.16. The van der Waals surface area contributed by atoms with Crippen molar-refractivity contribution in [3.8, 4) is 0 Å². The van der Waals surface area contributed by atoms with E-state index >= 15 is 0 Å². The standard InChI is InChI=1S/C21H22BrNO4/c1-26-19(24)21(17-7-9-18(22)10-8-17)11-13-23(14-12-21)20(25)27-15-16-5-3-2-4-6-16/h2-10H,11-15H2,1H3. The van der Waals surface area contributed by atoms with E-state index in [1.54, 1.807) is 4.90 Å². The summed E-state index contributed by atoms with van der Waals surface area (Å²) in [6, 6.07) is 17.3. The number of carbonyl (C=O) groups is 2. The van der Waals surface area contributed by atoms with Gasteiger partial charge in [0.1, 0.15) is 6.61 Å².